The molecule has 27 heavy (non-hydrogen) atoms. The maximum absolute atomic E-state index is 13.0. The van der Waals surface area contributed by atoms with Gasteiger partial charge in [-0.1, -0.05) is 5.16 Å². The van der Waals surface area contributed by atoms with E-state index in [1.165, 1.54) is 41.3 Å². The molecule has 1 aromatic heterocycles. The number of benzene rings is 2. The van der Waals surface area contributed by atoms with Crippen LogP contribution in [0.15, 0.2) is 53.1 Å². The first-order valence-corrected chi connectivity index (χ1v) is 8.22. The molecule has 0 aliphatic heterocycles. The molecule has 0 N–H and O–H groups in total. The summed E-state index contributed by atoms with van der Waals surface area (Å²) in [7, 11) is 1.64. The number of amides is 1. The van der Waals surface area contributed by atoms with Crippen LogP contribution in [-0.2, 0) is 11.2 Å². The fraction of sp³-hybridized carbons (Fsp3) is 0.211. The zero-order chi connectivity index (χ0) is 19.2. The maximum Gasteiger partial charge on any atom is 0.260 e. The number of carbonyl (C=O) groups excluding carboxylic acids is 1. The molecule has 140 valence electrons. The molecule has 0 saturated heterocycles. The van der Waals surface area contributed by atoms with Crippen molar-refractivity contribution in [3.63, 3.8) is 0 Å². The topological polar surface area (TPSA) is 68.5 Å². The Hall–Kier alpha value is -3.29. The third kappa shape index (κ3) is 5.10. The van der Waals surface area contributed by atoms with Crippen LogP contribution >= 0.6 is 0 Å². The van der Waals surface area contributed by atoms with Gasteiger partial charge >= 0.3 is 0 Å². The zero-order valence-corrected chi connectivity index (χ0v) is 14.6. The van der Waals surface area contributed by atoms with E-state index in [1.54, 1.807) is 19.2 Å². The van der Waals surface area contributed by atoms with Gasteiger partial charge in [-0.05, 0) is 48.5 Å². The normalized spacial score (nSPS) is 10.6. The van der Waals surface area contributed by atoms with Gasteiger partial charge in [-0.25, -0.2) is 8.78 Å². The Morgan fingerprint density at radius 2 is 1.70 bits per heavy atom. The largest absolute Gasteiger partial charge is 0.484 e. The summed E-state index contributed by atoms with van der Waals surface area (Å²) in [4.78, 5) is 17.8. The Morgan fingerprint density at radius 1 is 1.07 bits per heavy atom. The van der Waals surface area contributed by atoms with Crippen molar-refractivity contribution in [1.29, 1.82) is 0 Å². The van der Waals surface area contributed by atoms with E-state index in [2.05, 4.69) is 10.1 Å². The molecular formula is C19H17F2N3O3. The molecule has 1 heterocycles. The first-order chi connectivity index (χ1) is 13.0. The van der Waals surface area contributed by atoms with Crippen molar-refractivity contribution in [2.24, 2.45) is 0 Å². The first-order valence-electron chi connectivity index (χ1n) is 8.22. The Kier molecular flexibility index (Phi) is 5.75. The number of ether oxygens (including phenoxy) is 1. The summed E-state index contributed by atoms with van der Waals surface area (Å²) in [6.07, 6.45) is 0.392. The summed E-state index contributed by atoms with van der Waals surface area (Å²) in [6, 6.07) is 11.2. The number of hydrogen-bond acceptors (Lipinski definition) is 5. The van der Waals surface area contributed by atoms with Crippen LogP contribution in [-0.4, -0.2) is 41.1 Å². The molecule has 1 amide bonds. The molecule has 0 unspecified atom stereocenters. The lowest BCUT2D eigenvalue weighted by atomic mass is 10.2. The molecule has 0 spiro atoms. The summed E-state index contributed by atoms with van der Waals surface area (Å²) in [6.45, 7) is 0.212. The molecule has 0 aliphatic rings. The van der Waals surface area contributed by atoms with Crippen LogP contribution in [0.5, 0.6) is 5.75 Å². The molecular weight excluding hydrogens is 356 g/mol. The van der Waals surface area contributed by atoms with Gasteiger partial charge in [-0.2, -0.15) is 4.98 Å². The van der Waals surface area contributed by atoms with Gasteiger partial charge in [0.2, 0.25) is 0 Å². The summed E-state index contributed by atoms with van der Waals surface area (Å²) in [5.74, 6) is 0.196. The second kappa shape index (κ2) is 8.39. The fourth-order valence-corrected chi connectivity index (χ4v) is 2.24. The minimum absolute atomic E-state index is 0.158. The van der Waals surface area contributed by atoms with Crippen molar-refractivity contribution in [1.82, 2.24) is 15.0 Å². The molecule has 0 fully saturated rings. The third-order valence-corrected chi connectivity index (χ3v) is 3.83. The van der Waals surface area contributed by atoms with Gasteiger partial charge < -0.3 is 14.2 Å². The average molecular weight is 373 g/mol. The molecule has 0 aliphatic carbocycles. The van der Waals surface area contributed by atoms with Crippen LogP contribution in [0, 0.1) is 11.6 Å². The molecule has 3 rings (SSSR count). The summed E-state index contributed by atoms with van der Waals surface area (Å²) in [5.41, 5.74) is 0.618. The van der Waals surface area contributed by atoms with Crippen molar-refractivity contribution < 1.29 is 22.8 Å². The Bertz CT molecular complexity index is 895. The number of aromatic nitrogens is 2. The average Bonchev–Trinajstić information content (AvgIpc) is 3.15. The Morgan fingerprint density at radius 3 is 2.37 bits per heavy atom. The minimum atomic E-state index is -0.370. The lowest BCUT2D eigenvalue weighted by Crippen LogP contribution is -2.33. The molecule has 0 atom stereocenters. The van der Waals surface area contributed by atoms with Gasteiger partial charge in [0.15, 0.2) is 12.4 Å². The highest BCUT2D eigenvalue weighted by Crippen LogP contribution is 2.17. The number of likely N-dealkylation sites (N-methyl/N-ethyl adjacent to an activating group) is 1. The number of nitrogens with zero attached hydrogens (tertiary/aromatic N) is 3. The quantitative estimate of drug-likeness (QED) is 0.637. The highest BCUT2D eigenvalue weighted by Gasteiger charge is 2.13. The van der Waals surface area contributed by atoms with E-state index in [0.717, 1.165) is 0 Å². The molecule has 6 nitrogen and oxygen atoms in total. The van der Waals surface area contributed by atoms with E-state index in [0.29, 0.717) is 36.0 Å². The maximum atomic E-state index is 13.0. The van der Waals surface area contributed by atoms with E-state index < -0.39 is 0 Å². The number of halogens is 2. The molecule has 0 saturated carbocycles. The van der Waals surface area contributed by atoms with Gasteiger partial charge in [-0.3, -0.25) is 4.79 Å². The number of hydrogen-bond donors (Lipinski definition) is 0. The van der Waals surface area contributed by atoms with Gasteiger partial charge in [0, 0.05) is 25.6 Å². The van der Waals surface area contributed by atoms with Crippen LogP contribution in [0.4, 0.5) is 8.78 Å². The summed E-state index contributed by atoms with van der Waals surface area (Å²) >= 11 is 0. The molecule has 0 radical (unpaired) electrons. The van der Waals surface area contributed by atoms with Crippen LogP contribution in [0.2, 0.25) is 0 Å². The van der Waals surface area contributed by atoms with Gasteiger partial charge in [0.1, 0.15) is 17.4 Å². The van der Waals surface area contributed by atoms with Gasteiger partial charge in [0.25, 0.3) is 11.8 Å². The number of rotatable bonds is 7. The van der Waals surface area contributed by atoms with Gasteiger partial charge in [-0.15, -0.1) is 0 Å². The lowest BCUT2D eigenvalue weighted by Gasteiger charge is -2.16. The zero-order valence-electron chi connectivity index (χ0n) is 14.6. The van der Waals surface area contributed by atoms with E-state index in [4.69, 9.17) is 9.26 Å². The van der Waals surface area contributed by atoms with E-state index in [1.807, 2.05) is 0 Å². The second-order valence-corrected chi connectivity index (χ2v) is 5.83. The Labute approximate surface area is 154 Å². The smallest absolute Gasteiger partial charge is 0.260 e. The van der Waals surface area contributed by atoms with E-state index in [-0.39, 0.29) is 24.1 Å². The molecule has 8 heteroatoms. The monoisotopic (exact) mass is 373 g/mol. The highest BCUT2D eigenvalue weighted by atomic mass is 19.1. The van der Waals surface area contributed by atoms with Crippen molar-refractivity contribution in [2.75, 3.05) is 20.2 Å². The summed E-state index contributed by atoms with van der Waals surface area (Å²) < 4.78 is 36.3. The highest BCUT2D eigenvalue weighted by molar-refractivity contribution is 5.77. The van der Waals surface area contributed by atoms with Crippen molar-refractivity contribution in [2.45, 2.75) is 6.42 Å². The standard InChI is InChI=1S/C19H17F2N3O3/c1-24(18(25)12-26-16-8-6-15(21)7-9-16)11-10-17-22-19(27-23-17)13-2-4-14(20)5-3-13/h2-9H,10-12H2,1H3. The predicted octanol–water partition coefficient (Wildman–Crippen LogP) is 3.09. The van der Waals surface area contributed by atoms with Crippen LogP contribution in [0.1, 0.15) is 5.82 Å². The lowest BCUT2D eigenvalue weighted by molar-refractivity contribution is -0.132. The van der Waals surface area contributed by atoms with Crippen LogP contribution in [0.25, 0.3) is 11.5 Å². The SMILES string of the molecule is CN(CCc1noc(-c2ccc(F)cc2)n1)C(=O)COc1ccc(F)cc1. The van der Waals surface area contributed by atoms with Crippen molar-refractivity contribution in [3.05, 3.63) is 66.0 Å². The second-order valence-electron chi connectivity index (χ2n) is 5.83. The third-order valence-electron chi connectivity index (χ3n) is 3.83. The minimum Gasteiger partial charge on any atom is -0.484 e. The van der Waals surface area contributed by atoms with Crippen LogP contribution in [0.3, 0.4) is 0 Å². The van der Waals surface area contributed by atoms with Crippen LogP contribution < -0.4 is 4.74 Å². The van der Waals surface area contributed by atoms with Crippen molar-refractivity contribution in [3.8, 4) is 17.2 Å². The summed E-state index contributed by atoms with van der Waals surface area (Å²) in [5, 5.41) is 3.86. The first kappa shape index (κ1) is 18.5. The molecule has 0 bridgehead atoms. The number of carbonyl (C=O) groups is 1. The predicted molar refractivity (Wildman–Crippen MR) is 92.9 cm³/mol. The van der Waals surface area contributed by atoms with E-state index >= 15 is 0 Å². The molecule has 3 aromatic rings. The fourth-order valence-electron chi connectivity index (χ4n) is 2.24. The van der Waals surface area contributed by atoms with Crippen molar-refractivity contribution >= 4 is 5.91 Å². The molecule has 2 aromatic carbocycles. The Balaban J connectivity index is 1.48. The van der Waals surface area contributed by atoms with E-state index in [9.17, 15) is 13.6 Å². The van der Waals surface area contributed by atoms with Gasteiger partial charge in [0.05, 0.1) is 0 Å².